The number of carbonyl (C=O) groups excluding carboxylic acids is 3. The molecule has 0 radical (unpaired) electrons. The zero-order valence-corrected chi connectivity index (χ0v) is 18.5. The zero-order valence-electron chi connectivity index (χ0n) is 17.6. The molecule has 10 heteroatoms. The van der Waals surface area contributed by atoms with Crippen molar-refractivity contribution in [2.24, 2.45) is 0 Å². The molecule has 0 heterocycles. The van der Waals surface area contributed by atoms with Gasteiger partial charge in [-0.15, -0.1) is 0 Å². The van der Waals surface area contributed by atoms with Gasteiger partial charge in [0.2, 0.25) is 11.4 Å². The van der Waals surface area contributed by atoms with Gasteiger partial charge < -0.3 is 23.8 Å². The second kappa shape index (κ2) is 12.0. The van der Waals surface area contributed by atoms with Crippen LogP contribution in [0.1, 0.15) is 54.9 Å². The third kappa shape index (κ3) is 8.54. The Morgan fingerprint density at radius 2 is 1.39 bits per heavy atom. The van der Waals surface area contributed by atoms with Crippen molar-refractivity contribution >= 4 is 25.4 Å². The summed E-state index contributed by atoms with van der Waals surface area (Å²) in [7, 11) is -3.64. The molecule has 0 fully saturated rings. The molecule has 9 nitrogen and oxygen atoms in total. The third-order valence-corrected chi connectivity index (χ3v) is 5.07. The fourth-order valence-corrected chi connectivity index (χ4v) is 3.98. The highest BCUT2D eigenvalue weighted by Crippen LogP contribution is 2.52. The summed E-state index contributed by atoms with van der Waals surface area (Å²) in [6.07, 6.45) is 0.167. The lowest BCUT2D eigenvalue weighted by Gasteiger charge is -2.28. The first-order chi connectivity index (χ1) is 12.9. The Bertz CT molecular complexity index is 583. The van der Waals surface area contributed by atoms with Gasteiger partial charge in [-0.2, -0.15) is 0 Å². The van der Waals surface area contributed by atoms with Crippen molar-refractivity contribution in [1.82, 2.24) is 5.32 Å². The van der Waals surface area contributed by atoms with Gasteiger partial charge in [0, 0.05) is 19.2 Å². The molecule has 0 aliphatic heterocycles. The molecule has 0 saturated carbocycles. The fourth-order valence-electron chi connectivity index (χ4n) is 2.25. The number of nitrogens with one attached hydrogen (secondary N) is 1. The van der Waals surface area contributed by atoms with Crippen molar-refractivity contribution in [3.05, 3.63) is 11.9 Å². The zero-order chi connectivity index (χ0) is 22.0. The maximum atomic E-state index is 12.9. The van der Waals surface area contributed by atoms with E-state index in [1.165, 1.54) is 11.9 Å². The molecule has 28 heavy (non-hydrogen) atoms. The van der Waals surface area contributed by atoms with Crippen LogP contribution in [0.5, 0.6) is 0 Å². The van der Waals surface area contributed by atoms with Crippen LogP contribution < -0.4 is 5.32 Å². The van der Waals surface area contributed by atoms with Gasteiger partial charge in [0.05, 0.1) is 25.4 Å². The molecule has 0 unspecified atom stereocenters. The van der Waals surface area contributed by atoms with E-state index in [1.54, 1.807) is 41.5 Å². The molecular formula is C18H32NO8P. The lowest BCUT2D eigenvalue weighted by Crippen LogP contribution is -2.60. The van der Waals surface area contributed by atoms with Crippen LogP contribution in [0.4, 0.5) is 0 Å². The average molecular weight is 421 g/mol. The minimum absolute atomic E-state index is 0.00526. The van der Waals surface area contributed by atoms with Crippen LogP contribution in [-0.4, -0.2) is 48.8 Å². The Balaban J connectivity index is 5.92. The number of hydrogen-bond donors (Lipinski definition) is 1. The van der Waals surface area contributed by atoms with Gasteiger partial charge >= 0.3 is 19.5 Å². The first-order valence-corrected chi connectivity index (χ1v) is 10.8. The quantitative estimate of drug-likeness (QED) is 0.290. The highest BCUT2D eigenvalue weighted by Gasteiger charge is 2.49. The van der Waals surface area contributed by atoms with E-state index >= 15 is 0 Å². The van der Waals surface area contributed by atoms with Crippen LogP contribution in [0.15, 0.2) is 11.9 Å². The Hall–Kier alpha value is -1.70. The van der Waals surface area contributed by atoms with Gasteiger partial charge in [-0.25, -0.2) is 9.59 Å². The number of hydrogen-bond acceptors (Lipinski definition) is 8. The topological polar surface area (TPSA) is 117 Å². The van der Waals surface area contributed by atoms with Crippen LogP contribution in [0.2, 0.25) is 0 Å². The maximum absolute atomic E-state index is 12.9. The van der Waals surface area contributed by atoms with E-state index < -0.39 is 31.0 Å². The van der Waals surface area contributed by atoms with E-state index in [0.29, 0.717) is 0 Å². The second-order valence-corrected chi connectivity index (χ2v) is 8.26. The van der Waals surface area contributed by atoms with Gasteiger partial charge in [-0.1, -0.05) is 6.08 Å². The number of amides is 1. The van der Waals surface area contributed by atoms with Crippen LogP contribution in [0.3, 0.4) is 0 Å². The summed E-state index contributed by atoms with van der Waals surface area (Å²) < 4.78 is 33.6. The monoisotopic (exact) mass is 421 g/mol. The first-order valence-electron chi connectivity index (χ1n) is 9.19. The standard InChI is InChI=1S/C18H32NO8P/c1-8-24-16(21)18(19-15(7)20,17(22)25-9-2)11-10-12-28(23,26-13(3)4)27-14(5)6/h10,12-14H,8-9,11H2,1-7H3,(H,19,20)/b12-10+. The summed E-state index contributed by atoms with van der Waals surface area (Å²) in [6, 6.07) is 0. The first kappa shape index (κ1) is 26.3. The molecule has 0 aromatic rings. The summed E-state index contributed by atoms with van der Waals surface area (Å²) in [6.45, 7) is 11.1. The Labute approximate surface area is 166 Å². The SMILES string of the molecule is CCOC(=O)C(C/C=C/P(=O)(OC(C)C)OC(C)C)(NC(C)=O)C(=O)OCC. The highest BCUT2D eigenvalue weighted by molar-refractivity contribution is 7.57. The summed E-state index contributed by atoms with van der Waals surface area (Å²) in [5, 5.41) is 2.32. The minimum Gasteiger partial charge on any atom is -0.464 e. The number of esters is 2. The van der Waals surface area contributed by atoms with Crippen molar-refractivity contribution in [1.29, 1.82) is 0 Å². The lowest BCUT2D eigenvalue weighted by atomic mass is 9.95. The smallest absolute Gasteiger partial charge is 0.354 e. The Kier molecular flexibility index (Phi) is 11.3. The molecule has 0 rings (SSSR count). The fraction of sp³-hybridized carbons (Fsp3) is 0.722. The van der Waals surface area contributed by atoms with E-state index in [2.05, 4.69) is 5.32 Å². The van der Waals surface area contributed by atoms with Crippen molar-refractivity contribution in [2.45, 2.75) is 72.6 Å². The molecule has 0 aliphatic rings. The molecule has 0 aromatic carbocycles. The predicted molar refractivity (Wildman–Crippen MR) is 104 cm³/mol. The van der Waals surface area contributed by atoms with Crippen molar-refractivity contribution < 1.29 is 37.5 Å². The minimum atomic E-state index is -3.64. The summed E-state index contributed by atoms with van der Waals surface area (Å²) >= 11 is 0. The molecule has 0 atom stereocenters. The Morgan fingerprint density at radius 3 is 1.71 bits per heavy atom. The second-order valence-electron chi connectivity index (χ2n) is 6.46. The summed E-state index contributed by atoms with van der Waals surface area (Å²) in [5.74, 6) is -1.41. The van der Waals surface area contributed by atoms with E-state index in [9.17, 15) is 18.9 Å². The molecule has 0 aliphatic carbocycles. The molecule has 0 bridgehead atoms. The summed E-state index contributed by atoms with van der Waals surface area (Å²) in [5.41, 5.74) is -2.10. The average Bonchev–Trinajstić information content (AvgIpc) is 2.51. The van der Waals surface area contributed by atoms with E-state index in [4.69, 9.17) is 18.5 Å². The predicted octanol–water partition coefficient (Wildman–Crippen LogP) is 2.93. The normalized spacial score (nSPS) is 12.5. The number of rotatable bonds is 12. The molecule has 0 aromatic heterocycles. The van der Waals surface area contributed by atoms with Crippen LogP contribution in [0, 0.1) is 0 Å². The largest absolute Gasteiger partial charge is 0.464 e. The van der Waals surface area contributed by atoms with Crippen molar-refractivity contribution in [3.8, 4) is 0 Å². The molecule has 1 amide bonds. The van der Waals surface area contributed by atoms with Gasteiger partial charge in [-0.3, -0.25) is 9.36 Å². The van der Waals surface area contributed by atoms with Gasteiger partial charge in [0.25, 0.3) is 0 Å². The molecule has 1 N–H and O–H groups in total. The lowest BCUT2D eigenvalue weighted by molar-refractivity contribution is -0.167. The molecule has 0 saturated heterocycles. The van der Waals surface area contributed by atoms with Gasteiger partial charge in [-0.05, 0) is 41.5 Å². The van der Waals surface area contributed by atoms with Crippen molar-refractivity contribution in [2.75, 3.05) is 13.2 Å². The summed E-state index contributed by atoms with van der Waals surface area (Å²) in [4.78, 5) is 36.7. The molecule has 162 valence electrons. The van der Waals surface area contributed by atoms with Crippen molar-refractivity contribution in [3.63, 3.8) is 0 Å². The van der Waals surface area contributed by atoms with Crippen LogP contribution in [-0.2, 0) is 37.5 Å². The maximum Gasteiger partial charge on any atom is 0.354 e. The van der Waals surface area contributed by atoms with Gasteiger partial charge in [0.1, 0.15) is 0 Å². The number of ether oxygens (including phenoxy) is 2. The highest BCUT2D eigenvalue weighted by atomic mass is 31.2. The number of carbonyl (C=O) groups is 3. The van der Waals surface area contributed by atoms with E-state index in [-0.39, 0.29) is 31.8 Å². The van der Waals surface area contributed by atoms with E-state index in [0.717, 1.165) is 6.92 Å². The van der Waals surface area contributed by atoms with Crippen LogP contribution in [0.25, 0.3) is 0 Å². The third-order valence-electron chi connectivity index (χ3n) is 3.06. The molecule has 0 spiro atoms. The van der Waals surface area contributed by atoms with Crippen LogP contribution >= 0.6 is 7.60 Å². The van der Waals surface area contributed by atoms with Gasteiger partial charge in [0.15, 0.2) is 0 Å². The Morgan fingerprint density at radius 1 is 0.964 bits per heavy atom. The molecular weight excluding hydrogens is 389 g/mol. The van der Waals surface area contributed by atoms with E-state index in [1.807, 2.05) is 0 Å².